The number of ether oxygens (including phenoxy) is 1. The second-order valence-electron chi connectivity index (χ2n) is 7.88. The normalized spacial score (nSPS) is 15.8. The lowest BCUT2D eigenvalue weighted by molar-refractivity contribution is -0.122. The Hall–Kier alpha value is -0.980. The van der Waals surface area contributed by atoms with Crippen molar-refractivity contribution in [1.29, 1.82) is 0 Å². The van der Waals surface area contributed by atoms with Gasteiger partial charge in [0.05, 0.1) is 25.4 Å². The molecule has 2 heterocycles. The van der Waals surface area contributed by atoms with Gasteiger partial charge in [0.2, 0.25) is 5.91 Å². The van der Waals surface area contributed by atoms with Crippen molar-refractivity contribution < 1.29 is 9.53 Å². The summed E-state index contributed by atoms with van der Waals surface area (Å²) in [6, 6.07) is 0. The van der Waals surface area contributed by atoms with Gasteiger partial charge in [-0.05, 0) is 0 Å². The summed E-state index contributed by atoms with van der Waals surface area (Å²) in [5.74, 6) is 0.933. The van der Waals surface area contributed by atoms with Crippen molar-refractivity contribution in [3.05, 3.63) is 16.1 Å². The quantitative estimate of drug-likeness (QED) is 0.237. The molecule has 1 aliphatic heterocycles. The van der Waals surface area contributed by atoms with E-state index in [-0.39, 0.29) is 35.3 Å². The zero-order valence-electron chi connectivity index (χ0n) is 18.2. The highest BCUT2D eigenvalue weighted by Crippen LogP contribution is 2.23. The number of aliphatic imine (C=N–C) groups is 1. The topological polar surface area (TPSA) is 82.1 Å². The molecule has 8 nitrogen and oxygen atoms in total. The van der Waals surface area contributed by atoms with Crippen LogP contribution in [0.15, 0.2) is 10.4 Å². The van der Waals surface area contributed by atoms with Crippen LogP contribution >= 0.6 is 35.3 Å². The first-order chi connectivity index (χ1) is 13.3. The summed E-state index contributed by atoms with van der Waals surface area (Å²) in [5.41, 5.74) is 1.20. The zero-order chi connectivity index (χ0) is 20.6. The molecule has 0 atom stereocenters. The first kappa shape index (κ1) is 26.1. The third kappa shape index (κ3) is 8.73. The number of piperazine rings is 1. The number of carbonyl (C=O) groups excluding carboxylic acids is 1. The predicted molar refractivity (Wildman–Crippen MR) is 129 cm³/mol. The molecule has 10 heteroatoms. The van der Waals surface area contributed by atoms with Gasteiger partial charge >= 0.3 is 0 Å². The lowest BCUT2D eigenvalue weighted by atomic mass is 9.93. The van der Waals surface area contributed by atoms with Crippen LogP contribution < -0.4 is 10.6 Å². The Morgan fingerprint density at radius 1 is 1.28 bits per heavy atom. The Morgan fingerprint density at radius 2 is 1.97 bits per heavy atom. The van der Waals surface area contributed by atoms with E-state index in [9.17, 15) is 4.79 Å². The maximum atomic E-state index is 11.9. The second kappa shape index (κ2) is 12.7. The number of aromatic nitrogens is 1. The molecule has 1 aliphatic rings. The lowest BCUT2D eigenvalue weighted by Gasteiger charge is -2.36. The van der Waals surface area contributed by atoms with Crippen molar-refractivity contribution in [3.8, 4) is 0 Å². The summed E-state index contributed by atoms with van der Waals surface area (Å²) >= 11 is 1.68. The fourth-order valence-corrected chi connectivity index (χ4v) is 3.85. The van der Waals surface area contributed by atoms with Gasteiger partial charge in [-0.15, -0.1) is 35.3 Å². The minimum absolute atomic E-state index is 0. The van der Waals surface area contributed by atoms with Crippen LogP contribution in [0.3, 0.4) is 0 Å². The molecule has 0 aromatic carbocycles. The maximum Gasteiger partial charge on any atom is 0.234 e. The summed E-state index contributed by atoms with van der Waals surface area (Å²) in [5, 5.41) is 9.49. The Kier molecular flexibility index (Phi) is 11.4. The van der Waals surface area contributed by atoms with E-state index in [0.29, 0.717) is 26.2 Å². The van der Waals surface area contributed by atoms with Gasteiger partial charge < -0.3 is 20.3 Å². The molecule has 0 saturated carbocycles. The highest BCUT2D eigenvalue weighted by Gasteiger charge is 2.22. The number of halogens is 1. The van der Waals surface area contributed by atoms with Gasteiger partial charge in [-0.25, -0.2) is 4.98 Å². The zero-order valence-corrected chi connectivity index (χ0v) is 21.3. The van der Waals surface area contributed by atoms with Crippen LogP contribution in [-0.2, 0) is 21.5 Å². The van der Waals surface area contributed by atoms with Crippen LogP contribution in [0.1, 0.15) is 31.5 Å². The minimum Gasteiger partial charge on any atom is -0.383 e. The molecule has 0 aliphatic carbocycles. The van der Waals surface area contributed by atoms with Crippen molar-refractivity contribution in [3.63, 3.8) is 0 Å². The fourth-order valence-electron chi connectivity index (χ4n) is 2.89. The van der Waals surface area contributed by atoms with E-state index >= 15 is 0 Å². The van der Waals surface area contributed by atoms with Gasteiger partial charge in [0.1, 0.15) is 5.01 Å². The van der Waals surface area contributed by atoms with E-state index in [2.05, 4.69) is 51.6 Å². The molecule has 0 radical (unpaired) electrons. The van der Waals surface area contributed by atoms with Crippen molar-refractivity contribution in [2.75, 3.05) is 60.0 Å². The molecule has 0 spiro atoms. The lowest BCUT2D eigenvalue weighted by Crippen LogP contribution is -2.54. The monoisotopic (exact) mass is 538 g/mol. The summed E-state index contributed by atoms with van der Waals surface area (Å²) < 4.78 is 4.95. The molecule has 1 aromatic heterocycles. The van der Waals surface area contributed by atoms with Crippen molar-refractivity contribution >= 4 is 47.2 Å². The number of guanidine groups is 1. The Bertz CT molecular complexity index is 653. The molecule has 1 saturated heterocycles. The van der Waals surface area contributed by atoms with Crippen molar-refractivity contribution in [2.45, 2.75) is 32.7 Å². The molecule has 2 rings (SSSR count). The first-order valence-corrected chi connectivity index (χ1v) is 10.6. The largest absolute Gasteiger partial charge is 0.383 e. The number of methoxy groups -OCH3 is 1. The summed E-state index contributed by atoms with van der Waals surface area (Å²) in [6.45, 7) is 12.1. The molecular weight excluding hydrogens is 503 g/mol. The average Bonchev–Trinajstić information content (AvgIpc) is 3.13. The van der Waals surface area contributed by atoms with Crippen LogP contribution in [0, 0.1) is 0 Å². The summed E-state index contributed by atoms with van der Waals surface area (Å²) in [7, 11) is 3.44. The molecule has 2 N–H and O–H groups in total. The van der Waals surface area contributed by atoms with E-state index in [1.165, 1.54) is 0 Å². The van der Waals surface area contributed by atoms with Gasteiger partial charge in [-0.1, -0.05) is 20.8 Å². The summed E-state index contributed by atoms with van der Waals surface area (Å²) in [6.07, 6.45) is 0. The number of rotatable bonds is 7. The minimum atomic E-state index is 0. The van der Waals surface area contributed by atoms with Crippen LogP contribution in [0.2, 0.25) is 0 Å². The molecule has 1 fully saturated rings. The number of hydrogen-bond acceptors (Lipinski definition) is 6. The molecule has 166 valence electrons. The maximum absolute atomic E-state index is 11.9. The molecule has 1 aromatic rings. The number of nitrogens with one attached hydrogen (secondary N) is 2. The van der Waals surface area contributed by atoms with Crippen molar-refractivity contribution in [1.82, 2.24) is 25.4 Å². The molecule has 0 unspecified atom stereocenters. The van der Waals surface area contributed by atoms with E-state index in [0.717, 1.165) is 42.8 Å². The molecule has 0 bridgehead atoms. The summed E-state index contributed by atoms with van der Waals surface area (Å²) in [4.78, 5) is 25.5. The number of carbonyl (C=O) groups is 1. The van der Waals surface area contributed by atoms with Gasteiger partial charge in [0, 0.05) is 57.7 Å². The van der Waals surface area contributed by atoms with Crippen LogP contribution in [0.25, 0.3) is 0 Å². The molecular formula is C19H35IN6O2S. The standard InChI is InChI=1S/C19H34N6O2S.HI/c1-19(2,3)15-14-28-17(23-15)12-22-18(20-4)25-9-7-24(8-10-25)13-16(26)21-6-11-27-5;/h14H,6-13H2,1-5H3,(H,20,22)(H,21,26);1H. The Labute approximate surface area is 195 Å². The highest BCUT2D eigenvalue weighted by molar-refractivity contribution is 14.0. The van der Waals surface area contributed by atoms with Crippen LogP contribution in [0.5, 0.6) is 0 Å². The van der Waals surface area contributed by atoms with Gasteiger partial charge in [0.25, 0.3) is 0 Å². The van der Waals surface area contributed by atoms with E-state index in [1.807, 2.05) is 0 Å². The SMILES string of the molecule is CN=C(NCc1nc(C(C)(C)C)cs1)N1CCN(CC(=O)NCCOC)CC1.I. The third-order valence-corrected chi connectivity index (χ3v) is 5.45. The van der Waals surface area contributed by atoms with Crippen LogP contribution in [0.4, 0.5) is 0 Å². The number of amides is 1. The number of thiazole rings is 1. The Balaban J connectivity index is 0.00000420. The molecule has 1 amide bonds. The predicted octanol–water partition coefficient (Wildman–Crippen LogP) is 1.51. The third-order valence-electron chi connectivity index (χ3n) is 4.60. The second-order valence-corrected chi connectivity index (χ2v) is 8.83. The smallest absolute Gasteiger partial charge is 0.234 e. The van der Waals surface area contributed by atoms with Gasteiger partial charge in [-0.3, -0.25) is 14.7 Å². The Morgan fingerprint density at radius 3 is 2.52 bits per heavy atom. The fraction of sp³-hybridized carbons (Fsp3) is 0.737. The van der Waals surface area contributed by atoms with Gasteiger partial charge in [-0.2, -0.15) is 0 Å². The van der Waals surface area contributed by atoms with E-state index < -0.39 is 0 Å². The van der Waals surface area contributed by atoms with E-state index in [1.54, 1.807) is 25.5 Å². The number of hydrogen-bond donors (Lipinski definition) is 2. The highest BCUT2D eigenvalue weighted by atomic mass is 127. The van der Waals surface area contributed by atoms with Crippen LogP contribution in [-0.4, -0.2) is 86.7 Å². The molecule has 29 heavy (non-hydrogen) atoms. The van der Waals surface area contributed by atoms with E-state index in [4.69, 9.17) is 9.72 Å². The van der Waals surface area contributed by atoms with Gasteiger partial charge in [0.15, 0.2) is 5.96 Å². The average molecular weight is 539 g/mol. The first-order valence-electron chi connectivity index (χ1n) is 9.72. The van der Waals surface area contributed by atoms with Crippen molar-refractivity contribution in [2.24, 2.45) is 4.99 Å². The number of nitrogens with zero attached hydrogens (tertiary/aromatic N) is 4.